The van der Waals surface area contributed by atoms with Crippen LogP contribution in [0.4, 0.5) is 0 Å². The Morgan fingerprint density at radius 2 is 2.08 bits per heavy atom. The summed E-state index contributed by atoms with van der Waals surface area (Å²) in [7, 11) is 4.07. The zero-order valence-electron chi connectivity index (χ0n) is 15.7. The topological polar surface area (TPSA) is 52.4 Å². The fraction of sp³-hybridized carbons (Fsp3) is 0.429. The van der Waals surface area contributed by atoms with Gasteiger partial charge in [-0.1, -0.05) is 12.1 Å². The molecule has 0 bridgehead atoms. The van der Waals surface area contributed by atoms with Crippen LogP contribution in [0.5, 0.6) is 5.75 Å². The van der Waals surface area contributed by atoms with E-state index in [0.717, 1.165) is 37.5 Å². The summed E-state index contributed by atoms with van der Waals surface area (Å²) in [6.45, 7) is 4.95. The standard InChI is InChI=1S/C21H26N4O/c1-16(18-6-4-17(13-22)5-7-18)25-11-9-21(15-25)26-20-8-10-23-19(12-20)14-24(2)3/h4-8,10,12,16,21H,9,11,14-15H2,1-3H3. The number of pyridine rings is 1. The predicted molar refractivity (Wildman–Crippen MR) is 102 cm³/mol. The Morgan fingerprint density at radius 1 is 1.31 bits per heavy atom. The minimum atomic E-state index is 0.199. The van der Waals surface area contributed by atoms with Crippen LogP contribution in [0.3, 0.4) is 0 Å². The average Bonchev–Trinajstić information content (AvgIpc) is 3.09. The van der Waals surface area contributed by atoms with Crippen molar-refractivity contribution in [1.82, 2.24) is 14.8 Å². The number of rotatable bonds is 6. The van der Waals surface area contributed by atoms with E-state index in [1.807, 2.05) is 56.7 Å². The molecule has 2 unspecified atom stereocenters. The molecule has 2 atom stereocenters. The first-order chi connectivity index (χ1) is 12.5. The lowest BCUT2D eigenvalue weighted by Gasteiger charge is -2.24. The van der Waals surface area contributed by atoms with Gasteiger partial charge in [-0.15, -0.1) is 0 Å². The number of likely N-dealkylation sites (tertiary alicyclic amines) is 1. The molecule has 5 heteroatoms. The maximum Gasteiger partial charge on any atom is 0.123 e. The summed E-state index contributed by atoms with van der Waals surface area (Å²) in [5.41, 5.74) is 2.96. The molecule has 2 aromatic rings. The first-order valence-corrected chi connectivity index (χ1v) is 9.05. The number of nitrogens with zero attached hydrogens (tertiary/aromatic N) is 4. The van der Waals surface area contributed by atoms with Crippen LogP contribution in [-0.2, 0) is 6.54 Å². The zero-order valence-corrected chi connectivity index (χ0v) is 15.7. The van der Waals surface area contributed by atoms with Gasteiger partial charge in [0.25, 0.3) is 0 Å². The van der Waals surface area contributed by atoms with Gasteiger partial charge < -0.3 is 9.64 Å². The zero-order chi connectivity index (χ0) is 18.5. The largest absolute Gasteiger partial charge is 0.489 e. The van der Waals surface area contributed by atoms with Crippen molar-refractivity contribution in [3.63, 3.8) is 0 Å². The Morgan fingerprint density at radius 3 is 2.77 bits per heavy atom. The summed E-state index contributed by atoms with van der Waals surface area (Å²) in [5.74, 6) is 0.898. The second-order valence-electron chi connectivity index (χ2n) is 7.15. The minimum absolute atomic E-state index is 0.199. The number of ether oxygens (including phenoxy) is 1. The van der Waals surface area contributed by atoms with E-state index in [4.69, 9.17) is 10.00 Å². The van der Waals surface area contributed by atoms with Gasteiger partial charge in [-0.25, -0.2) is 0 Å². The molecule has 0 saturated carbocycles. The van der Waals surface area contributed by atoms with Crippen LogP contribution >= 0.6 is 0 Å². The smallest absolute Gasteiger partial charge is 0.123 e. The Hall–Kier alpha value is -2.42. The SMILES string of the molecule is CC(c1ccc(C#N)cc1)N1CCC(Oc2ccnc(CN(C)C)c2)C1. The molecule has 0 N–H and O–H groups in total. The summed E-state index contributed by atoms with van der Waals surface area (Å²) >= 11 is 0. The number of nitriles is 1. The van der Waals surface area contributed by atoms with Crippen molar-refractivity contribution >= 4 is 0 Å². The monoisotopic (exact) mass is 350 g/mol. The van der Waals surface area contributed by atoms with Crippen molar-refractivity contribution < 1.29 is 4.74 Å². The van der Waals surface area contributed by atoms with E-state index >= 15 is 0 Å². The van der Waals surface area contributed by atoms with Crippen molar-refractivity contribution in [1.29, 1.82) is 5.26 Å². The molecule has 1 aliphatic heterocycles. The van der Waals surface area contributed by atoms with Gasteiger partial charge in [0.1, 0.15) is 11.9 Å². The van der Waals surface area contributed by atoms with Crippen molar-refractivity contribution in [2.24, 2.45) is 0 Å². The Labute approximate surface area is 155 Å². The summed E-state index contributed by atoms with van der Waals surface area (Å²) in [6, 6.07) is 14.3. The average molecular weight is 350 g/mol. The molecule has 1 aromatic heterocycles. The van der Waals surface area contributed by atoms with Crippen LogP contribution in [0, 0.1) is 11.3 Å². The number of aromatic nitrogens is 1. The van der Waals surface area contributed by atoms with E-state index in [2.05, 4.69) is 27.8 Å². The molecule has 1 fully saturated rings. The maximum absolute atomic E-state index is 8.94. The summed E-state index contributed by atoms with van der Waals surface area (Å²) in [5, 5.41) is 8.94. The molecule has 0 amide bonds. The lowest BCUT2D eigenvalue weighted by atomic mass is 10.1. The number of hydrogen-bond acceptors (Lipinski definition) is 5. The fourth-order valence-electron chi connectivity index (χ4n) is 3.38. The highest BCUT2D eigenvalue weighted by molar-refractivity contribution is 5.32. The molecule has 0 aliphatic carbocycles. The highest BCUT2D eigenvalue weighted by Crippen LogP contribution is 2.27. The molecule has 26 heavy (non-hydrogen) atoms. The molecule has 5 nitrogen and oxygen atoms in total. The molecular formula is C21H26N4O. The molecule has 0 spiro atoms. The molecule has 1 aliphatic rings. The minimum Gasteiger partial charge on any atom is -0.489 e. The van der Waals surface area contributed by atoms with Crippen molar-refractivity contribution in [3.05, 3.63) is 59.4 Å². The molecule has 3 rings (SSSR count). The third kappa shape index (κ3) is 4.60. The Kier molecular flexibility index (Phi) is 5.87. The Balaban J connectivity index is 1.59. The molecule has 0 radical (unpaired) electrons. The van der Waals surface area contributed by atoms with Crippen molar-refractivity contribution in [3.8, 4) is 11.8 Å². The first kappa shape index (κ1) is 18.4. The summed E-state index contributed by atoms with van der Waals surface area (Å²) in [6.07, 6.45) is 3.04. The van der Waals surface area contributed by atoms with E-state index in [-0.39, 0.29) is 6.10 Å². The third-order valence-electron chi connectivity index (χ3n) is 4.82. The van der Waals surface area contributed by atoms with E-state index in [1.54, 1.807) is 0 Å². The van der Waals surface area contributed by atoms with E-state index in [1.165, 1.54) is 5.56 Å². The van der Waals surface area contributed by atoms with Gasteiger partial charge in [0, 0.05) is 37.9 Å². The second kappa shape index (κ2) is 8.31. The number of benzene rings is 1. The van der Waals surface area contributed by atoms with Crippen LogP contribution in [0.15, 0.2) is 42.6 Å². The van der Waals surface area contributed by atoms with E-state index < -0.39 is 0 Å². The normalized spacial score (nSPS) is 18.7. The van der Waals surface area contributed by atoms with E-state index in [9.17, 15) is 0 Å². The predicted octanol–water partition coefficient (Wildman–Crippen LogP) is 3.23. The number of hydrogen-bond donors (Lipinski definition) is 0. The summed E-state index contributed by atoms with van der Waals surface area (Å²) in [4.78, 5) is 8.93. The fourth-order valence-corrected chi connectivity index (χ4v) is 3.38. The van der Waals surface area contributed by atoms with Crippen LogP contribution in [0.25, 0.3) is 0 Å². The third-order valence-corrected chi connectivity index (χ3v) is 4.82. The lowest BCUT2D eigenvalue weighted by Crippen LogP contribution is -2.27. The molecule has 1 aromatic carbocycles. The highest BCUT2D eigenvalue weighted by Gasteiger charge is 2.28. The highest BCUT2D eigenvalue weighted by atomic mass is 16.5. The van der Waals surface area contributed by atoms with Crippen LogP contribution in [-0.4, -0.2) is 48.1 Å². The van der Waals surface area contributed by atoms with Crippen LogP contribution in [0.1, 0.15) is 36.2 Å². The van der Waals surface area contributed by atoms with Gasteiger partial charge >= 0.3 is 0 Å². The van der Waals surface area contributed by atoms with Gasteiger partial charge in [0.05, 0.1) is 17.3 Å². The van der Waals surface area contributed by atoms with Crippen LogP contribution in [0.2, 0.25) is 0 Å². The quantitative estimate of drug-likeness (QED) is 0.801. The van der Waals surface area contributed by atoms with Gasteiger partial charge in [-0.05, 0) is 51.2 Å². The lowest BCUT2D eigenvalue weighted by molar-refractivity contribution is 0.182. The van der Waals surface area contributed by atoms with Gasteiger partial charge in [0.2, 0.25) is 0 Å². The van der Waals surface area contributed by atoms with E-state index in [0.29, 0.717) is 11.6 Å². The molecule has 2 heterocycles. The summed E-state index contributed by atoms with van der Waals surface area (Å²) < 4.78 is 6.21. The van der Waals surface area contributed by atoms with Gasteiger partial charge in [-0.2, -0.15) is 5.26 Å². The molecular weight excluding hydrogens is 324 g/mol. The second-order valence-corrected chi connectivity index (χ2v) is 7.15. The first-order valence-electron chi connectivity index (χ1n) is 9.05. The van der Waals surface area contributed by atoms with Crippen molar-refractivity contribution in [2.45, 2.75) is 32.0 Å². The maximum atomic E-state index is 8.94. The Bertz CT molecular complexity index is 766. The molecule has 1 saturated heterocycles. The van der Waals surface area contributed by atoms with Crippen LogP contribution < -0.4 is 4.74 Å². The van der Waals surface area contributed by atoms with Crippen molar-refractivity contribution in [2.75, 3.05) is 27.2 Å². The molecule has 136 valence electrons. The van der Waals surface area contributed by atoms with Gasteiger partial charge in [0.15, 0.2) is 0 Å². The van der Waals surface area contributed by atoms with Gasteiger partial charge in [-0.3, -0.25) is 9.88 Å².